The molecule has 1 nitrogen and oxygen atoms in total. The van der Waals surface area contributed by atoms with E-state index in [0.29, 0.717) is 10.9 Å². The third kappa shape index (κ3) is 2.23. The van der Waals surface area contributed by atoms with Gasteiger partial charge in [0.15, 0.2) is 4.90 Å². The van der Waals surface area contributed by atoms with Gasteiger partial charge in [-0.05, 0) is 24.3 Å². The van der Waals surface area contributed by atoms with E-state index in [1.54, 1.807) is 0 Å². The van der Waals surface area contributed by atoms with Crippen LogP contribution in [-0.4, -0.2) is 24.7 Å². The molecule has 1 aliphatic rings. The van der Waals surface area contributed by atoms with Gasteiger partial charge in [0.05, 0.1) is 13.2 Å². The van der Waals surface area contributed by atoms with Crippen molar-refractivity contribution in [1.29, 1.82) is 0 Å². The quantitative estimate of drug-likeness (QED) is 0.627. The molecular formula is C10H12FOS+. The van der Waals surface area contributed by atoms with Gasteiger partial charge in [-0.1, -0.05) is 0 Å². The largest absolute Gasteiger partial charge is 0.372 e. The molecule has 0 atom stereocenters. The van der Waals surface area contributed by atoms with E-state index >= 15 is 0 Å². The van der Waals surface area contributed by atoms with Crippen molar-refractivity contribution >= 4 is 10.9 Å². The molecule has 2 rings (SSSR count). The molecule has 1 aromatic rings. The molecule has 0 radical (unpaired) electrons. The second-order valence-electron chi connectivity index (χ2n) is 2.97. The molecular weight excluding hydrogens is 187 g/mol. The second-order valence-corrected chi connectivity index (χ2v) is 5.24. The van der Waals surface area contributed by atoms with E-state index in [1.165, 1.54) is 17.0 Å². The predicted molar refractivity (Wildman–Crippen MR) is 52.6 cm³/mol. The fourth-order valence-corrected chi connectivity index (χ4v) is 3.22. The van der Waals surface area contributed by atoms with Gasteiger partial charge in [-0.2, -0.15) is 0 Å². The highest BCUT2D eigenvalue weighted by Gasteiger charge is 2.24. The van der Waals surface area contributed by atoms with E-state index in [1.807, 2.05) is 12.1 Å². The van der Waals surface area contributed by atoms with Crippen LogP contribution in [0.25, 0.3) is 0 Å². The molecule has 0 amide bonds. The summed E-state index contributed by atoms with van der Waals surface area (Å²) >= 11 is 0. The van der Waals surface area contributed by atoms with Gasteiger partial charge in [0.25, 0.3) is 0 Å². The highest BCUT2D eigenvalue weighted by molar-refractivity contribution is 7.97. The lowest BCUT2D eigenvalue weighted by atomic mass is 10.4. The van der Waals surface area contributed by atoms with E-state index in [0.717, 1.165) is 24.7 Å². The Hall–Kier alpha value is -0.540. The fraction of sp³-hybridized carbons (Fsp3) is 0.400. The molecule has 3 heteroatoms. The third-order valence-corrected chi connectivity index (χ3v) is 4.35. The highest BCUT2D eigenvalue weighted by Crippen LogP contribution is 2.17. The Morgan fingerprint density at radius 1 is 1.08 bits per heavy atom. The number of hydrogen-bond donors (Lipinski definition) is 0. The maximum Gasteiger partial charge on any atom is 0.155 e. The summed E-state index contributed by atoms with van der Waals surface area (Å²) in [5.41, 5.74) is 0. The van der Waals surface area contributed by atoms with Crippen molar-refractivity contribution in [3.05, 3.63) is 30.1 Å². The van der Waals surface area contributed by atoms with Crippen LogP contribution < -0.4 is 0 Å². The summed E-state index contributed by atoms with van der Waals surface area (Å²) in [7, 11) is 0.292. The van der Waals surface area contributed by atoms with Gasteiger partial charge in [0, 0.05) is 10.9 Å². The summed E-state index contributed by atoms with van der Waals surface area (Å²) in [4.78, 5) is 1.27. The first-order valence-corrected chi connectivity index (χ1v) is 5.93. The van der Waals surface area contributed by atoms with Crippen molar-refractivity contribution in [2.45, 2.75) is 4.90 Å². The molecule has 1 heterocycles. The first-order valence-electron chi connectivity index (χ1n) is 4.37. The van der Waals surface area contributed by atoms with Gasteiger partial charge in [0.2, 0.25) is 0 Å². The molecule has 13 heavy (non-hydrogen) atoms. The van der Waals surface area contributed by atoms with Gasteiger partial charge < -0.3 is 4.74 Å². The van der Waals surface area contributed by atoms with Crippen LogP contribution in [-0.2, 0) is 15.6 Å². The Labute approximate surface area is 80.3 Å². The zero-order valence-corrected chi connectivity index (χ0v) is 8.15. The van der Waals surface area contributed by atoms with Crippen LogP contribution in [0.1, 0.15) is 0 Å². The van der Waals surface area contributed by atoms with Gasteiger partial charge in [-0.25, -0.2) is 4.39 Å². The summed E-state index contributed by atoms with van der Waals surface area (Å²) in [6.07, 6.45) is 0. The zero-order chi connectivity index (χ0) is 9.10. The van der Waals surface area contributed by atoms with E-state index in [-0.39, 0.29) is 5.82 Å². The maximum absolute atomic E-state index is 12.6. The molecule has 0 N–H and O–H groups in total. The van der Waals surface area contributed by atoms with Crippen LogP contribution >= 0.6 is 0 Å². The molecule has 0 spiro atoms. The normalized spacial score (nSPS) is 18.8. The topological polar surface area (TPSA) is 9.23 Å². The number of rotatable bonds is 1. The van der Waals surface area contributed by atoms with Crippen LogP contribution in [0.2, 0.25) is 0 Å². The molecule has 70 valence electrons. The van der Waals surface area contributed by atoms with Crippen LogP contribution in [0.3, 0.4) is 0 Å². The minimum Gasteiger partial charge on any atom is -0.372 e. The Kier molecular flexibility index (Phi) is 2.86. The molecule has 0 aliphatic carbocycles. The lowest BCUT2D eigenvalue weighted by Gasteiger charge is -2.13. The van der Waals surface area contributed by atoms with Crippen molar-refractivity contribution in [3.63, 3.8) is 0 Å². The van der Waals surface area contributed by atoms with Crippen LogP contribution in [0.5, 0.6) is 0 Å². The lowest BCUT2D eigenvalue weighted by Crippen LogP contribution is -2.26. The number of hydrogen-bond acceptors (Lipinski definition) is 1. The standard InChI is InChI=1S/C10H12FOS/c11-9-1-3-10(4-2-9)13-7-5-12-6-8-13/h1-4H,5-8H2/q+1. The minimum atomic E-state index is -0.152. The summed E-state index contributed by atoms with van der Waals surface area (Å²) < 4.78 is 17.9. The lowest BCUT2D eigenvalue weighted by molar-refractivity contribution is 0.159. The van der Waals surface area contributed by atoms with Crippen molar-refractivity contribution < 1.29 is 9.13 Å². The Bertz CT molecular complexity index is 267. The number of halogens is 1. The van der Waals surface area contributed by atoms with Gasteiger partial charge in [0.1, 0.15) is 17.3 Å². The minimum absolute atomic E-state index is 0.152. The average molecular weight is 199 g/mol. The molecule has 0 aromatic heterocycles. The van der Waals surface area contributed by atoms with Crippen molar-refractivity contribution in [1.82, 2.24) is 0 Å². The monoisotopic (exact) mass is 199 g/mol. The Balaban J connectivity index is 2.10. The summed E-state index contributed by atoms with van der Waals surface area (Å²) in [6.45, 7) is 1.70. The van der Waals surface area contributed by atoms with Gasteiger partial charge >= 0.3 is 0 Å². The summed E-state index contributed by atoms with van der Waals surface area (Å²) in [6, 6.07) is 6.86. The average Bonchev–Trinajstić information content (AvgIpc) is 2.20. The van der Waals surface area contributed by atoms with Crippen LogP contribution in [0.4, 0.5) is 4.39 Å². The van der Waals surface area contributed by atoms with Gasteiger partial charge in [-0.3, -0.25) is 0 Å². The summed E-state index contributed by atoms with van der Waals surface area (Å²) in [5.74, 6) is 2.03. The Morgan fingerprint density at radius 2 is 1.69 bits per heavy atom. The van der Waals surface area contributed by atoms with Crippen molar-refractivity contribution in [2.24, 2.45) is 0 Å². The predicted octanol–water partition coefficient (Wildman–Crippen LogP) is 1.83. The third-order valence-electron chi connectivity index (χ3n) is 2.10. The van der Waals surface area contributed by atoms with E-state index < -0.39 is 0 Å². The highest BCUT2D eigenvalue weighted by atomic mass is 32.2. The van der Waals surface area contributed by atoms with E-state index in [2.05, 4.69) is 0 Å². The van der Waals surface area contributed by atoms with E-state index in [4.69, 9.17) is 4.74 Å². The fourth-order valence-electron chi connectivity index (χ4n) is 1.39. The number of benzene rings is 1. The first-order chi connectivity index (χ1) is 6.36. The molecule has 1 aromatic carbocycles. The first kappa shape index (κ1) is 9.03. The smallest absolute Gasteiger partial charge is 0.155 e. The summed E-state index contributed by atoms with van der Waals surface area (Å²) in [5, 5.41) is 0. The molecule has 1 saturated heterocycles. The molecule has 1 aliphatic heterocycles. The molecule has 0 bridgehead atoms. The second kappa shape index (κ2) is 4.11. The van der Waals surface area contributed by atoms with E-state index in [9.17, 15) is 4.39 Å². The zero-order valence-electron chi connectivity index (χ0n) is 7.33. The molecule has 0 saturated carbocycles. The molecule has 1 fully saturated rings. The number of ether oxygens (including phenoxy) is 1. The maximum atomic E-state index is 12.6. The van der Waals surface area contributed by atoms with Crippen molar-refractivity contribution in [3.8, 4) is 0 Å². The van der Waals surface area contributed by atoms with Crippen LogP contribution in [0.15, 0.2) is 29.2 Å². The Morgan fingerprint density at radius 3 is 2.31 bits per heavy atom. The molecule has 0 unspecified atom stereocenters. The van der Waals surface area contributed by atoms with Gasteiger partial charge in [-0.15, -0.1) is 0 Å². The SMILES string of the molecule is Fc1ccc([S+]2CCOCC2)cc1. The van der Waals surface area contributed by atoms with Crippen LogP contribution in [0, 0.1) is 5.82 Å². The van der Waals surface area contributed by atoms with Crippen molar-refractivity contribution in [2.75, 3.05) is 24.7 Å².